The van der Waals surface area contributed by atoms with Gasteiger partial charge in [0.1, 0.15) is 5.82 Å². The summed E-state index contributed by atoms with van der Waals surface area (Å²) in [6.45, 7) is 3.76. The minimum Gasteiger partial charge on any atom is -0.294 e. The maximum Gasteiger partial charge on any atom is 0.240 e. The third-order valence-corrected chi connectivity index (χ3v) is 6.53. The quantitative estimate of drug-likeness (QED) is 0.612. The Morgan fingerprint density at radius 2 is 1.47 bits per heavy atom. The molecule has 0 aromatic heterocycles. The zero-order valence-corrected chi connectivity index (χ0v) is 16.4. The lowest BCUT2D eigenvalue weighted by Gasteiger charge is -2.29. The van der Waals surface area contributed by atoms with Crippen LogP contribution >= 0.6 is 0 Å². The van der Waals surface area contributed by atoms with Gasteiger partial charge in [-0.15, -0.1) is 0 Å². The molecule has 6 nitrogen and oxygen atoms in total. The van der Waals surface area contributed by atoms with Crippen LogP contribution < -0.4 is 10.2 Å². The molecule has 2 fully saturated rings. The van der Waals surface area contributed by atoms with Gasteiger partial charge in [-0.3, -0.25) is 24.5 Å². The van der Waals surface area contributed by atoms with Gasteiger partial charge in [0.2, 0.25) is 11.8 Å². The van der Waals surface area contributed by atoms with Crippen LogP contribution in [0.25, 0.3) is 0 Å². The van der Waals surface area contributed by atoms with Crippen LogP contribution in [0.3, 0.4) is 0 Å². The smallest absolute Gasteiger partial charge is 0.240 e. The number of rotatable bonds is 2. The summed E-state index contributed by atoms with van der Waals surface area (Å²) in [5.41, 5.74) is -1.03. The number of hydrogen-bond acceptors (Lipinski definition) is 5. The first-order chi connectivity index (χ1) is 14.3. The highest BCUT2D eigenvalue weighted by molar-refractivity contribution is 6.37. The Labute approximate surface area is 172 Å². The Morgan fingerprint density at radius 1 is 0.900 bits per heavy atom. The molecule has 1 aliphatic carbocycles. The lowest BCUT2D eigenvalue weighted by atomic mass is 9.76. The summed E-state index contributed by atoms with van der Waals surface area (Å²) >= 11 is 0. The van der Waals surface area contributed by atoms with Gasteiger partial charge in [-0.25, -0.2) is 9.29 Å². The zero-order chi connectivity index (χ0) is 21.4. The van der Waals surface area contributed by atoms with Crippen molar-refractivity contribution in [3.05, 3.63) is 65.5 Å². The molecule has 0 unspecified atom stereocenters. The maximum atomic E-state index is 13.5. The summed E-state index contributed by atoms with van der Waals surface area (Å²) in [5, 5.41) is 3.13. The van der Waals surface area contributed by atoms with E-state index in [0.29, 0.717) is 0 Å². The molecule has 2 heterocycles. The van der Waals surface area contributed by atoms with E-state index in [1.807, 2.05) is 13.8 Å². The summed E-state index contributed by atoms with van der Waals surface area (Å²) in [6.07, 6.45) is 0. The highest BCUT2D eigenvalue weighted by atomic mass is 19.1. The molecular weight excluding hydrogens is 387 g/mol. The van der Waals surface area contributed by atoms with E-state index >= 15 is 0 Å². The van der Waals surface area contributed by atoms with Gasteiger partial charge in [-0.05, 0) is 30.2 Å². The minimum atomic E-state index is -1.79. The van der Waals surface area contributed by atoms with E-state index in [4.69, 9.17) is 0 Å². The first-order valence-corrected chi connectivity index (χ1v) is 9.88. The van der Waals surface area contributed by atoms with Crippen molar-refractivity contribution in [2.45, 2.75) is 25.4 Å². The summed E-state index contributed by atoms with van der Waals surface area (Å²) in [4.78, 5) is 54.8. The molecule has 3 atom stereocenters. The lowest BCUT2D eigenvalue weighted by molar-refractivity contribution is -0.123. The van der Waals surface area contributed by atoms with Gasteiger partial charge in [0.25, 0.3) is 0 Å². The van der Waals surface area contributed by atoms with E-state index in [9.17, 15) is 23.6 Å². The van der Waals surface area contributed by atoms with Crippen molar-refractivity contribution in [3.63, 3.8) is 0 Å². The summed E-state index contributed by atoms with van der Waals surface area (Å²) in [7, 11) is 0. The average molecular weight is 406 g/mol. The molecule has 1 spiro atoms. The summed E-state index contributed by atoms with van der Waals surface area (Å²) in [5.74, 6) is -4.62. The highest BCUT2D eigenvalue weighted by Gasteiger charge is 2.73. The molecular formula is C23H19FN2O4. The van der Waals surface area contributed by atoms with Crippen LogP contribution in [0.5, 0.6) is 0 Å². The largest absolute Gasteiger partial charge is 0.294 e. The molecule has 2 aromatic carbocycles. The second-order valence-corrected chi connectivity index (χ2v) is 8.42. The number of benzene rings is 2. The second-order valence-electron chi connectivity index (χ2n) is 8.42. The van der Waals surface area contributed by atoms with Gasteiger partial charge >= 0.3 is 0 Å². The van der Waals surface area contributed by atoms with Gasteiger partial charge in [0.05, 0.1) is 17.5 Å². The van der Waals surface area contributed by atoms with Crippen molar-refractivity contribution in [2.75, 3.05) is 4.90 Å². The number of anilines is 1. The second kappa shape index (κ2) is 6.15. The average Bonchev–Trinajstić information content (AvgIpc) is 3.29. The zero-order valence-electron chi connectivity index (χ0n) is 16.4. The molecule has 0 saturated carbocycles. The third kappa shape index (κ3) is 2.15. The Kier molecular flexibility index (Phi) is 3.86. The van der Waals surface area contributed by atoms with E-state index in [1.54, 1.807) is 24.3 Å². The number of Topliss-reactive ketones (excluding diaryl/α,β-unsaturated/α-hetero) is 2. The number of nitrogens with zero attached hydrogens (tertiary/aromatic N) is 1. The Hall–Kier alpha value is -3.19. The molecule has 152 valence electrons. The SMILES string of the molecule is CC(C)[C@@H]1NC2(C(=O)c3ccccc3C2=O)[C@@H]2C(=O)N(c3ccc(F)cc3)C(=O)[C@H]21. The van der Waals surface area contributed by atoms with Crippen LogP contribution in [-0.4, -0.2) is 35.0 Å². The van der Waals surface area contributed by atoms with Gasteiger partial charge in [-0.1, -0.05) is 38.1 Å². The number of ketones is 2. The Morgan fingerprint density at radius 3 is 2.00 bits per heavy atom. The van der Waals surface area contributed by atoms with Crippen LogP contribution in [-0.2, 0) is 9.59 Å². The minimum absolute atomic E-state index is 0.105. The number of fused-ring (bicyclic) bond motifs is 3. The van der Waals surface area contributed by atoms with Crippen LogP contribution in [0.1, 0.15) is 34.6 Å². The monoisotopic (exact) mass is 406 g/mol. The molecule has 2 aliphatic heterocycles. The molecule has 1 N–H and O–H groups in total. The molecule has 2 saturated heterocycles. The van der Waals surface area contributed by atoms with Gasteiger partial charge in [0.15, 0.2) is 17.1 Å². The molecule has 0 bridgehead atoms. The molecule has 30 heavy (non-hydrogen) atoms. The number of carbonyl (C=O) groups is 4. The van der Waals surface area contributed by atoms with Gasteiger partial charge < -0.3 is 0 Å². The molecule has 7 heteroatoms. The van der Waals surface area contributed by atoms with Crippen molar-refractivity contribution in [1.82, 2.24) is 5.32 Å². The maximum absolute atomic E-state index is 13.5. The number of nitrogens with one attached hydrogen (secondary N) is 1. The highest BCUT2D eigenvalue weighted by Crippen LogP contribution is 2.50. The van der Waals surface area contributed by atoms with Crippen molar-refractivity contribution in [2.24, 2.45) is 17.8 Å². The first kappa shape index (κ1) is 18.8. The van der Waals surface area contributed by atoms with Crippen molar-refractivity contribution >= 4 is 29.1 Å². The van der Waals surface area contributed by atoms with Crippen LogP contribution in [0.4, 0.5) is 10.1 Å². The van der Waals surface area contributed by atoms with E-state index < -0.39 is 52.6 Å². The topological polar surface area (TPSA) is 83.6 Å². The molecule has 2 amide bonds. The summed E-state index contributed by atoms with van der Waals surface area (Å²) in [6, 6.07) is 11.0. The molecule has 2 aromatic rings. The fraction of sp³-hybridized carbons (Fsp3) is 0.304. The first-order valence-electron chi connectivity index (χ1n) is 9.88. The summed E-state index contributed by atoms with van der Waals surface area (Å²) < 4.78 is 13.4. The van der Waals surface area contributed by atoms with Crippen LogP contribution in [0.2, 0.25) is 0 Å². The standard InChI is InChI=1S/C23H19FN2O4/c1-11(2)18-16-17(22(30)26(21(16)29)13-9-7-12(24)8-10-13)23(25-18)19(27)14-5-3-4-6-15(14)20(23)28/h3-11,16-18,25H,1-2H3/t16-,17+,18+/m1/s1. The van der Waals surface area contributed by atoms with E-state index in [-0.39, 0.29) is 22.7 Å². The van der Waals surface area contributed by atoms with Crippen molar-refractivity contribution in [1.29, 1.82) is 0 Å². The number of amides is 2. The van der Waals surface area contributed by atoms with Gasteiger partial charge in [-0.2, -0.15) is 0 Å². The normalized spacial score (nSPS) is 26.8. The Balaban J connectivity index is 1.67. The van der Waals surface area contributed by atoms with Crippen LogP contribution in [0.15, 0.2) is 48.5 Å². The lowest BCUT2D eigenvalue weighted by Crippen LogP contribution is -2.59. The number of hydrogen-bond donors (Lipinski definition) is 1. The molecule has 5 rings (SSSR count). The third-order valence-electron chi connectivity index (χ3n) is 6.53. The number of carbonyl (C=O) groups excluding carboxylic acids is 4. The molecule has 0 radical (unpaired) electrons. The van der Waals surface area contributed by atoms with Crippen molar-refractivity contribution < 1.29 is 23.6 Å². The Bertz CT molecular complexity index is 1090. The van der Waals surface area contributed by atoms with Gasteiger partial charge in [0, 0.05) is 17.2 Å². The predicted molar refractivity (Wildman–Crippen MR) is 105 cm³/mol. The predicted octanol–water partition coefficient (Wildman–Crippen LogP) is 2.38. The fourth-order valence-electron chi connectivity index (χ4n) is 5.20. The number of halogens is 1. The van der Waals surface area contributed by atoms with Crippen molar-refractivity contribution in [3.8, 4) is 0 Å². The van der Waals surface area contributed by atoms with E-state index in [2.05, 4.69) is 5.32 Å². The molecule has 3 aliphatic rings. The number of imide groups is 1. The van der Waals surface area contributed by atoms with E-state index in [0.717, 1.165) is 4.90 Å². The van der Waals surface area contributed by atoms with E-state index in [1.165, 1.54) is 24.3 Å². The fourth-order valence-corrected chi connectivity index (χ4v) is 5.20. The van der Waals surface area contributed by atoms with Crippen LogP contribution in [0, 0.1) is 23.6 Å².